The summed E-state index contributed by atoms with van der Waals surface area (Å²) in [6.07, 6.45) is -3.71. The number of rotatable bonds is 2. The zero-order chi connectivity index (χ0) is 19.9. The van der Waals surface area contributed by atoms with Gasteiger partial charge in [-0.15, -0.1) is 5.10 Å². The second kappa shape index (κ2) is 7.01. The number of hydrogen-bond acceptors (Lipinski definition) is 4. The Kier molecular flexibility index (Phi) is 4.66. The largest absolute Gasteiger partial charge is 0.416 e. The van der Waals surface area contributed by atoms with Crippen LogP contribution in [-0.4, -0.2) is 26.9 Å². The van der Waals surface area contributed by atoms with Crippen molar-refractivity contribution < 1.29 is 18.0 Å². The average Bonchev–Trinajstić information content (AvgIpc) is 3.12. The van der Waals surface area contributed by atoms with Crippen molar-refractivity contribution in [2.45, 2.75) is 25.6 Å². The molecule has 0 saturated carbocycles. The Labute approximate surface area is 163 Å². The van der Waals surface area contributed by atoms with Crippen molar-refractivity contribution in [2.75, 3.05) is 6.54 Å². The van der Waals surface area contributed by atoms with E-state index < -0.39 is 17.8 Å². The molecule has 2 aromatic carbocycles. The van der Waals surface area contributed by atoms with E-state index in [0.29, 0.717) is 29.1 Å². The highest BCUT2D eigenvalue weighted by atomic mass is 32.1. The molecular formula is C20H16F3N3OS. The number of carbonyl (C=O) groups excluding carboxylic acids is 1. The number of benzene rings is 2. The average molecular weight is 403 g/mol. The third-order valence-electron chi connectivity index (χ3n) is 4.94. The highest BCUT2D eigenvalue weighted by molar-refractivity contribution is 7.07. The molecule has 4 nitrogen and oxygen atoms in total. The maximum absolute atomic E-state index is 13.2. The van der Waals surface area contributed by atoms with Crippen LogP contribution in [0.3, 0.4) is 0 Å². The van der Waals surface area contributed by atoms with Crippen molar-refractivity contribution in [1.29, 1.82) is 0 Å². The molecule has 1 aliphatic rings. The minimum absolute atomic E-state index is 0.202. The van der Waals surface area contributed by atoms with E-state index in [9.17, 15) is 18.0 Å². The van der Waals surface area contributed by atoms with Crippen LogP contribution in [0.4, 0.5) is 13.2 Å². The highest BCUT2D eigenvalue weighted by Crippen LogP contribution is 2.38. The lowest BCUT2D eigenvalue weighted by Crippen LogP contribution is -2.40. The number of halogens is 3. The van der Waals surface area contributed by atoms with Gasteiger partial charge in [-0.1, -0.05) is 40.9 Å². The molecule has 0 N–H and O–H groups in total. The van der Waals surface area contributed by atoms with Gasteiger partial charge in [0.1, 0.15) is 4.88 Å². The molecule has 0 bridgehead atoms. The summed E-state index contributed by atoms with van der Waals surface area (Å²) in [4.78, 5) is 15.3. The normalized spacial score (nSPS) is 16.7. The highest BCUT2D eigenvalue weighted by Gasteiger charge is 2.35. The summed E-state index contributed by atoms with van der Waals surface area (Å²) in [6, 6.07) is 12.3. The van der Waals surface area contributed by atoms with E-state index in [0.717, 1.165) is 34.8 Å². The van der Waals surface area contributed by atoms with Gasteiger partial charge in [0.15, 0.2) is 0 Å². The van der Waals surface area contributed by atoms with Gasteiger partial charge in [-0.3, -0.25) is 4.79 Å². The standard InChI is InChI=1S/C20H16F3N3OS/c1-12-18(28-25-24-12)19(27)26-11-10-13-4-2-3-5-16(13)17(26)14-6-8-15(9-7-14)20(21,22)23/h2-9,17H,10-11H2,1H3. The van der Waals surface area contributed by atoms with Gasteiger partial charge in [0.2, 0.25) is 0 Å². The number of alkyl halides is 3. The minimum Gasteiger partial charge on any atom is -0.326 e. The van der Waals surface area contributed by atoms with Crippen LogP contribution in [0.25, 0.3) is 0 Å². The Morgan fingerprint density at radius 3 is 2.50 bits per heavy atom. The lowest BCUT2D eigenvalue weighted by Gasteiger charge is -2.37. The molecule has 1 aromatic heterocycles. The first-order chi connectivity index (χ1) is 13.4. The topological polar surface area (TPSA) is 46.1 Å². The summed E-state index contributed by atoms with van der Waals surface area (Å²) in [5.74, 6) is -0.202. The summed E-state index contributed by atoms with van der Waals surface area (Å²) in [5.41, 5.74) is 2.51. The monoisotopic (exact) mass is 403 g/mol. The van der Waals surface area contributed by atoms with Gasteiger partial charge in [0, 0.05) is 6.54 Å². The van der Waals surface area contributed by atoms with Crippen molar-refractivity contribution >= 4 is 17.4 Å². The predicted molar refractivity (Wildman–Crippen MR) is 99.1 cm³/mol. The van der Waals surface area contributed by atoms with Crippen LogP contribution in [0.2, 0.25) is 0 Å². The van der Waals surface area contributed by atoms with Gasteiger partial charge in [-0.05, 0) is 53.7 Å². The number of aryl methyl sites for hydroxylation is 1. The van der Waals surface area contributed by atoms with Crippen LogP contribution in [0.5, 0.6) is 0 Å². The van der Waals surface area contributed by atoms with E-state index in [1.54, 1.807) is 11.8 Å². The molecule has 4 rings (SSSR count). The van der Waals surface area contributed by atoms with Gasteiger partial charge in [-0.25, -0.2) is 0 Å². The van der Waals surface area contributed by atoms with E-state index in [1.807, 2.05) is 24.3 Å². The van der Waals surface area contributed by atoms with Gasteiger partial charge >= 0.3 is 6.18 Å². The van der Waals surface area contributed by atoms with Crippen molar-refractivity contribution in [3.05, 3.63) is 81.4 Å². The van der Waals surface area contributed by atoms with E-state index in [4.69, 9.17) is 0 Å². The quantitative estimate of drug-likeness (QED) is 0.626. The zero-order valence-electron chi connectivity index (χ0n) is 14.9. The molecule has 0 radical (unpaired) electrons. The summed E-state index contributed by atoms with van der Waals surface area (Å²) in [5, 5.41) is 3.91. The maximum atomic E-state index is 13.2. The van der Waals surface area contributed by atoms with Crippen molar-refractivity contribution in [1.82, 2.24) is 14.5 Å². The molecule has 2 heterocycles. The van der Waals surface area contributed by atoms with Gasteiger partial charge < -0.3 is 4.90 Å². The Balaban J connectivity index is 1.79. The lowest BCUT2D eigenvalue weighted by atomic mass is 9.87. The molecule has 0 fully saturated rings. The summed E-state index contributed by atoms with van der Waals surface area (Å²) < 4.78 is 42.7. The van der Waals surface area contributed by atoms with Crippen molar-refractivity contribution in [3.8, 4) is 0 Å². The predicted octanol–water partition coefficient (Wildman–Crippen LogP) is 4.65. The number of nitrogens with zero attached hydrogens (tertiary/aromatic N) is 3. The Morgan fingerprint density at radius 1 is 1.14 bits per heavy atom. The van der Waals surface area contributed by atoms with Crippen LogP contribution < -0.4 is 0 Å². The van der Waals surface area contributed by atoms with Gasteiger partial charge in [-0.2, -0.15) is 13.2 Å². The maximum Gasteiger partial charge on any atom is 0.416 e. The number of aromatic nitrogens is 2. The Hall–Kier alpha value is -2.74. The number of amides is 1. The van der Waals surface area contributed by atoms with Crippen LogP contribution in [0.1, 0.15) is 43.7 Å². The van der Waals surface area contributed by atoms with E-state index in [-0.39, 0.29) is 5.91 Å². The molecule has 28 heavy (non-hydrogen) atoms. The molecule has 1 aliphatic heterocycles. The summed E-state index contributed by atoms with van der Waals surface area (Å²) in [6.45, 7) is 2.20. The summed E-state index contributed by atoms with van der Waals surface area (Å²) in [7, 11) is 0. The molecule has 3 aromatic rings. The lowest BCUT2D eigenvalue weighted by molar-refractivity contribution is -0.137. The Bertz CT molecular complexity index is 1010. The third kappa shape index (κ3) is 3.28. The number of fused-ring (bicyclic) bond motifs is 1. The van der Waals surface area contributed by atoms with Crippen LogP contribution in [0.15, 0.2) is 48.5 Å². The number of hydrogen-bond donors (Lipinski definition) is 0. The fraction of sp³-hybridized carbons (Fsp3) is 0.250. The number of carbonyl (C=O) groups is 1. The minimum atomic E-state index is -4.40. The second-order valence-electron chi connectivity index (χ2n) is 6.66. The molecule has 144 valence electrons. The molecule has 0 saturated heterocycles. The zero-order valence-corrected chi connectivity index (χ0v) is 15.7. The van der Waals surface area contributed by atoms with Gasteiger partial charge in [0.25, 0.3) is 5.91 Å². The van der Waals surface area contributed by atoms with E-state index in [2.05, 4.69) is 9.59 Å². The molecule has 8 heteroatoms. The SMILES string of the molecule is Cc1nnsc1C(=O)N1CCc2ccccc2C1c1ccc(C(F)(F)F)cc1. The van der Waals surface area contributed by atoms with Crippen LogP contribution in [-0.2, 0) is 12.6 Å². The smallest absolute Gasteiger partial charge is 0.326 e. The van der Waals surface area contributed by atoms with Crippen molar-refractivity contribution in [2.24, 2.45) is 0 Å². The van der Waals surface area contributed by atoms with Crippen molar-refractivity contribution in [3.63, 3.8) is 0 Å². The fourth-order valence-corrected chi connectivity index (χ4v) is 4.17. The first-order valence-electron chi connectivity index (χ1n) is 8.71. The van der Waals surface area contributed by atoms with E-state index >= 15 is 0 Å². The Morgan fingerprint density at radius 2 is 1.86 bits per heavy atom. The second-order valence-corrected chi connectivity index (χ2v) is 7.41. The molecule has 1 amide bonds. The third-order valence-corrected chi connectivity index (χ3v) is 5.76. The van der Waals surface area contributed by atoms with E-state index in [1.165, 1.54) is 12.1 Å². The molecule has 1 unspecified atom stereocenters. The van der Waals surface area contributed by atoms with Crippen LogP contribution >= 0.6 is 11.5 Å². The molecule has 0 spiro atoms. The van der Waals surface area contributed by atoms with Gasteiger partial charge in [0.05, 0.1) is 17.3 Å². The first kappa shape index (κ1) is 18.6. The molecule has 0 aliphatic carbocycles. The summed E-state index contributed by atoms with van der Waals surface area (Å²) >= 11 is 1.03. The first-order valence-corrected chi connectivity index (χ1v) is 9.48. The molecular weight excluding hydrogens is 387 g/mol. The fourth-order valence-electron chi connectivity index (χ4n) is 3.56. The van der Waals surface area contributed by atoms with Crippen LogP contribution in [0, 0.1) is 6.92 Å². The molecule has 1 atom stereocenters.